The number of aromatic nitrogens is 1. The minimum atomic E-state index is -1.00. The van der Waals surface area contributed by atoms with E-state index < -0.39 is 12.2 Å². The van der Waals surface area contributed by atoms with E-state index in [2.05, 4.69) is 15.0 Å². The molecule has 2 N–H and O–H groups in total. The second-order valence-electron chi connectivity index (χ2n) is 2.67. The summed E-state index contributed by atoms with van der Waals surface area (Å²) in [6.07, 6.45) is -1.72. The van der Waals surface area contributed by atoms with Crippen LogP contribution in [0.2, 0.25) is 0 Å². The highest BCUT2D eigenvalue weighted by Gasteiger charge is 2.18. The molecule has 0 amide bonds. The second kappa shape index (κ2) is 5.56. The molecule has 0 saturated carbocycles. The van der Waals surface area contributed by atoms with Crippen molar-refractivity contribution >= 4 is 11.3 Å². The zero-order valence-corrected chi connectivity index (χ0v) is 8.13. The zero-order chi connectivity index (χ0) is 10.4. The van der Waals surface area contributed by atoms with Crippen LogP contribution in [0.5, 0.6) is 0 Å². The van der Waals surface area contributed by atoms with Crippen LogP contribution >= 0.6 is 11.3 Å². The summed E-state index contributed by atoms with van der Waals surface area (Å²) < 4.78 is 0. The first-order chi connectivity index (χ1) is 6.75. The summed E-state index contributed by atoms with van der Waals surface area (Å²) in [5, 5.41) is 23.9. The van der Waals surface area contributed by atoms with Gasteiger partial charge >= 0.3 is 0 Å². The summed E-state index contributed by atoms with van der Waals surface area (Å²) in [4.78, 5) is 6.42. The molecule has 0 aliphatic rings. The van der Waals surface area contributed by atoms with E-state index in [0.29, 0.717) is 5.69 Å². The fraction of sp³-hybridized carbons (Fsp3) is 0.571. The molecule has 0 aromatic carbocycles. The molecule has 14 heavy (non-hydrogen) atoms. The van der Waals surface area contributed by atoms with Gasteiger partial charge < -0.3 is 10.2 Å². The number of nitrogens with zero attached hydrogens (tertiary/aromatic N) is 4. The highest BCUT2D eigenvalue weighted by molar-refractivity contribution is 7.07. The smallest absolute Gasteiger partial charge is 0.123 e. The van der Waals surface area contributed by atoms with Crippen molar-refractivity contribution in [1.29, 1.82) is 0 Å². The Morgan fingerprint density at radius 3 is 3.00 bits per heavy atom. The third-order valence-corrected chi connectivity index (χ3v) is 2.31. The Bertz CT molecular complexity index is 309. The zero-order valence-electron chi connectivity index (χ0n) is 7.32. The number of hydrogen-bond acceptors (Lipinski definition) is 5. The molecule has 0 bridgehead atoms. The van der Waals surface area contributed by atoms with Gasteiger partial charge in [0.2, 0.25) is 0 Å². The molecule has 76 valence electrons. The molecule has 0 radical (unpaired) electrons. The van der Waals surface area contributed by atoms with Gasteiger partial charge in [-0.1, -0.05) is 5.11 Å². The molecule has 1 rings (SSSR count). The van der Waals surface area contributed by atoms with Crippen molar-refractivity contribution in [3.8, 4) is 0 Å². The number of rotatable bonds is 5. The molecule has 0 aliphatic carbocycles. The van der Waals surface area contributed by atoms with Gasteiger partial charge in [-0.15, -0.1) is 11.3 Å². The van der Waals surface area contributed by atoms with Crippen molar-refractivity contribution in [2.24, 2.45) is 5.11 Å². The van der Waals surface area contributed by atoms with Crippen LogP contribution in [0.15, 0.2) is 16.0 Å². The van der Waals surface area contributed by atoms with Gasteiger partial charge in [-0.05, 0) is 12.0 Å². The van der Waals surface area contributed by atoms with Crippen molar-refractivity contribution in [2.45, 2.75) is 18.6 Å². The predicted molar refractivity (Wildman–Crippen MR) is 51.7 cm³/mol. The molecule has 2 atom stereocenters. The van der Waals surface area contributed by atoms with Gasteiger partial charge in [0.25, 0.3) is 0 Å². The van der Waals surface area contributed by atoms with Gasteiger partial charge in [0.05, 0.1) is 17.3 Å². The molecule has 0 saturated heterocycles. The predicted octanol–water partition coefficient (Wildman–Crippen LogP) is 1.24. The van der Waals surface area contributed by atoms with Crippen LogP contribution in [0.4, 0.5) is 0 Å². The Labute approximate surface area is 84.5 Å². The van der Waals surface area contributed by atoms with E-state index in [1.165, 1.54) is 11.3 Å². The van der Waals surface area contributed by atoms with Crippen LogP contribution in [-0.4, -0.2) is 27.8 Å². The number of azide groups is 1. The second-order valence-corrected chi connectivity index (χ2v) is 3.39. The minimum absolute atomic E-state index is 0.166. The van der Waals surface area contributed by atoms with Crippen LogP contribution in [-0.2, 0) is 0 Å². The lowest BCUT2D eigenvalue weighted by atomic mass is 10.1. The summed E-state index contributed by atoms with van der Waals surface area (Å²) >= 11 is 1.35. The van der Waals surface area contributed by atoms with E-state index in [-0.39, 0.29) is 13.0 Å². The van der Waals surface area contributed by atoms with Crippen LogP contribution < -0.4 is 0 Å². The van der Waals surface area contributed by atoms with Gasteiger partial charge in [-0.3, -0.25) is 0 Å². The molecule has 1 aromatic heterocycles. The van der Waals surface area contributed by atoms with E-state index in [1.54, 1.807) is 10.9 Å². The number of aliphatic hydroxyl groups excluding tert-OH is 2. The fourth-order valence-electron chi connectivity index (χ4n) is 0.958. The molecule has 2 unspecified atom stereocenters. The molecule has 7 heteroatoms. The third-order valence-electron chi connectivity index (χ3n) is 1.71. The average molecular weight is 214 g/mol. The van der Waals surface area contributed by atoms with E-state index in [9.17, 15) is 10.2 Å². The van der Waals surface area contributed by atoms with Crippen LogP contribution in [0, 0.1) is 0 Å². The van der Waals surface area contributed by atoms with Gasteiger partial charge in [0, 0.05) is 16.8 Å². The van der Waals surface area contributed by atoms with Crippen LogP contribution in [0.3, 0.4) is 0 Å². The van der Waals surface area contributed by atoms with E-state index in [0.717, 1.165) is 0 Å². The van der Waals surface area contributed by atoms with Crippen molar-refractivity contribution in [2.75, 3.05) is 6.54 Å². The topological polar surface area (TPSA) is 102 Å². The highest BCUT2D eigenvalue weighted by atomic mass is 32.1. The molecule has 0 fully saturated rings. The SMILES string of the molecule is [N-]=[N+]=NCCC(O)C(O)c1cscn1. The van der Waals surface area contributed by atoms with E-state index in [1.807, 2.05) is 0 Å². The normalized spacial score (nSPS) is 14.4. The summed E-state index contributed by atoms with van der Waals surface area (Å²) in [5.41, 5.74) is 10.0. The van der Waals surface area contributed by atoms with Gasteiger partial charge in [0.15, 0.2) is 0 Å². The highest BCUT2D eigenvalue weighted by Crippen LogP contribution is 2.18. The molecular formula is C7H10N4O2S. The molecular weight excluding hydrogens is 204 g/mol. The van der Waals surface area contributed by atoms with E-state index in [4.69, 9.17) is 5.53 Å². The van der Waals surface area contributed by atoms with Gasteiger partial charge in [-0.2, -0.15) is 0 Å². The van der Waals surface area contributed by atoms with Crippen molar-refractivity contribution in [3.05, 3.63) is 27.0 Å². The third kappa shape index (κ3) is 2.97. The largest absolute Gasteiger partial charge is 0.390 e. The standard InChI is InChI=1S/C7H10N4O2S/c8-11-10-2-1-6(12)7(13)5-3-14-4-9-5/h3-4,6-7,12-13H,1-2H2. The Hall–Kier alpha value is -1.14. The number of thiazole rings is 1. The van der Waals surface area contributed by atoms with Gasteiger partial charge in [-0.25, -0.2) is 4.98 Å². The maximum atomic E-state index is 9.54. The lowest BCUT2D eigenvalue weighted by Crippen LogP contribution is -2.19. The van der Waals surface area contributed by atoms with Gasteiger partial charge in [0.1, 0.15) is 6.10 Å². The van der Waals surface area contributed by atoms with Crippen molar-refractivity contribution in [1.82, 2.24) is 4.98 Å². The molecule has 6 nitrogen and oxygen atoms in total. The van der Waals surface area contributed by atoms with E-state index >= 15 is 0 Å². The maximum Gasteiger partial charge on any atom is 0.123 e. The van der Waals surface area contributed by atoms with Crippen molar-refractivity contribution in [3.63, 3.8) is 0 Å². The summed E-state index contributed by atoms with van der Waals surface area (Å²) in [5.74, 6) is 0. The fourth-order valence-corrected chi connectivity index (χ4v) is 1.54. The lowest BCUT2D eigenvalue weighted by Gasteiger charge is -2.14. The molecule has 0 spiro atoms. The molecule has 1 heterocycles. The van der Waals surface area contributed by atoms with Crippen molar-refractivity contribution < 1.29 is 10.2 Å². The number of aliphatic hydroxyl groups is 2. The molecule has 1 aromatic rings. The monoisotopic (exact) mass is 214 g/mol. The average Bonchev–Trinajstić information content (AvgIpc) is 2.69. The van der Waals surface area contributed by atoms with Crippen LogP contribution in [0.1, 0.15) is 18.2 Å². The Morgan fingerprint density at radius 2 is 2.43 bits per heavy atom. The maximum absolute atomic E-state index is 9.54. The molecule has 0 aliphatic heterocycles. The Kier molecular flexibility index (Phi) is 4.34. The summed E-state index contributed by atoms with van der Waals surface area (Å²) in [7, 11) is 0. The summed E-state index contributed by atoms with van der Waals surface area (Å²) in [6, 6.07) is 0. The Balaban J connectivity index is 2.44. The quantitative estimate of drug-likeness (QED) is 0.437. The minimum Gasteiger partial charge on any atom is -0.390 e. The first kappa shape index (κ1) is 10.9. The first-order valence-electron chi connectivity index (χ1n) is 4.00. The lowest BCUT2D eigenvalue weighted by molar-refractivity contribution is 0.0129. The van der Waals surface area contributed by atoms with Crippen LogP contribution in [0.25, 0.3) is 10.4 Å². The first-order valence-corrected chi connectivity index (χ1v) is 4.95. The summed E-state index contributed by atoms with van der Waals surface area (Å²) in [6.45, 7) is 0.166. The Morgan fingerprint density at radius 1 is 1.64 bits per heavy atom. The number of hydrogen-bond donors (Lipinski definition) is 2.